The molecule has 11 nitrogen and oxygen atoms in total. The van der Waals surface area contributed by atoms with Crippen molar-refractivity contribution in [2.75, 3.05) is 5.32 Å². The number of ether oxygens (including phenoxy) is 2. The van der Waals surface area contributed by atoms with E-state index in [0.29, 0.717) is 21.3 Å². The Kier molecular flexibility index (Phi) is 7.30. The Balaban J connectivity index is 1.55. The number of nitrogens with zero attached hydrogens (tertiary/aromatic N) is 3. The average Bonchev–Trinajstić information content (AvgIpc) is 3.31. The Labute approximate surface area is 219 Å². The molecular formula is C25H19BrN4O7. The van der Waals surface area contributed by atoms with Crippen LogP contribution in [0.15, 0.2) is 76.3 Å². The van der Waals surface area contributed by atoms with Gasteiger partial charge in [0, 0.05) is 47.3 Å². The largest absolute Gasteiger partial charge is 0.446 e. The van der Waals surface area contributed by atoms with Gasteiger partial charge in [-0.25, -0.2) is 0 Å². The molecule has 1 aliphatic heterocycles. The molecule has 0 radical (unpaired) electrons. The molecule has 1 N–H and O–H groups in total. The van der Waals surface area contributed by atoms with Gasteiger partial charge in [-0.1, -0.05) is 34.1 Å². The first kappa shape index (κ1) is 25.5. The summed E-state index contributed by atoms with van der Waals surface area (Å²) in [6.45, 7) is 2.61. The van der Waals surface area contributed by atoms with Crippen molar-refractivity contribution in [3.05, 3.63) is 98.0 Å². The number of amides is 2. The van der Waals surface area contributed by atoms with Gasteiger partial charge in [-0.2, -0.15) is 5.01 Å². The summed E-state index contributed by atoms with van der Waals surface area (Å²) in [7, 11) is 0. The number of hydrogen-bond donors (Lipinski definition) is 1. The van der Waals surface area contributed by atoms with E-state index in [2.05, 4.69) is 26.3 Å². The van der Waals surface area contributed by atoms with Crippen molar-refractivity contribution in [1.29, 1.82) is 0 Å². The molecule has 0 bridgehead atoms. The van der Waals surface area contributed by atoms with Crippen molar-refractivity contribution in [2.45, 2.75) is 20.1 Å². The maximum absolute atomic E-state index is 12.5. The highest BCUT2D eigenvalue weighted by atomic mass is 79.9. The fourth-order valence-corrected chi connectivity index (χ4v) is 3.86. The predicted octanol–water partition coefficient (Wildman–Crippen LogP) is 4.77. The lowest BCUT2D eigenvalue weighted by Crippen LogP contribution is -2.25. The Morgan fingerprint density at radius 1 is 1.08 bits per heavy atom. The zero-order valence-electron chi connectivity index (χ0n) is 19.5. The Bertz CT molecular complexity index is 1440. The standard InChI is InChI=1S/C25H19BrN4O7/c1-14(31)29-25(37-24(28-29)21-13-18(26)8-11-22(21)36-15(2)32)16-6-9-19(10-7-16)27-23(33)17-4-3-5-20(12-17)30(34)35/h3-13,25H,1-2H3,(H,27,33)/t25-/m1/s1. The SMILES string of the molecule is CC(=O)Oc1ccc(Br)cc1C1=NN(C(C)=O)[C@@H](c2ccc(NC(=O)c3cccc([N+](=O)[O-])c3)cc2)O1. The van der Waals surface area contributed by atoms with E-state index in [1.165, 1.54) is 38.1 Å². The van der Waals surface area contributed by atoms with E-state index in [0.717, 1.165) is 5.01 Å². The number of rotatable bonds is 6. The van der Waals surface area contributed by atoms with E-state index < -0.39 is 23.0 Å². The van der Waals surface area contributed by atoms with Crippen LogP contribution in [0, 0.1) is 10.1 Å². The lowest BCUT2D eigenvalue weighted by atomic mass is 10.1. The number of nitro groups is 1. The molecular weight excluding hydrogens is 548 g/mol. The van der Waals surface area contributed by atoms with Gasteiger partial charge in [-0.3, -0.25) is 24.5 Å². The molecule has 1 heterocycles. The summed E-state index contributed by atoms with van der Waals surface area (Å²) in [5.41, 5.74) is 1.31. The third-order valence-electron chi connectivity index (χ3n) is 5.17. The summed E-state index contributed by atoms with van der Waals surface area (Å²) in [6.07, 6.45) is -0.904. The molecule has 0 saturated carbocycles. The highest BCUT2D eigenvalue weighted by molar-refractivity contribution is 9.10. The minimum atomic E-state index is -0.904. The fraction of sp³-hybridized carbons (Fsp3) is 0.120. The first-order valence-corrected chi connectivity index (χ1v) is 11.6. The number of carbonyl (C=O) groups is 3. The second-order valence-corrected chi connectivity index (χ2v) is 8.77. The molecule has 12 heteroatoms. The van der Waals surface area contributed by atoms with Crippen molar-refractivity contribution in [2.24, 2.45) is 5.10 Å². The number of benzene rings is 3. The van der Waals surface area contributed by atoms with Gasteiger partial charge >= 0.3 is 5.97 Å². The molecule has 1 atom stereocenters. The zero-order valence-corrected chi connectivity index (χ0v) is 21.1. The second kappa shape index (κ2) is 10.6. The molecule has 37 heavy (non-hydrogen) atoms. The van der Waals surface area contributed by atoms with Gasteiger partial charge in [0.05, 0.1) is 10.5 Å². The molecule has 188 valence electrons. The van der Waals surface area contributed by atoms with Gasteiger partial charge in [-0.05, 0) is 36.4 Å². The minimum absolute atomic E-state index is 0.0841. The quantitative estimate of drug-likeness (QED) is 0.196. The molecule has 0 aliphatic carbocycles. The Morgan fingerprint density at radius 2 is 1.81 bits per heavy atom. The van der Waals surface area contributed by atoms with E-state index >= 15 is 0 Å². The highest BCUT2D eigenvalue weighted by Gasteiger charge is 2.34. The van der Waals surface area contributed by atoms with Crippen LogP contribution in [0.1, 0.15) is 41.6 Å². The van der Waals surface area contributed by atoms with E-state index in [4.69, 9.17) is 9.47 Å². The van der Waals surface area contributed by atoms with Gasteiger partial charge < -0.3 is 14.8 Å². The number of nitro benzene ring substituents is 1. The van der Waals surface area contributed by atoms with E-state index in [9.17, 15) is 24.5 Å². The smallest absolute Gasteiger partial charge is 0.308 e. The van der Waals surface area contributed by atoms with Crippen LogP contribution < -0.4 is 10.1 Å². The number of halogens is 1. The molecule has 1 aliphatic rings. The number of nitrogens with one attached hydrogen (secondary N) is 1. The van der Waals surface area contributed by atoms with Gasteiger partial charge in [0.1, 0.15) is 5.75 Å². The molecule has 0 saturated heterocycles. The number of hydrazone groups is 1. The monoisotopic (exact) mass is 566 g/mol. The van der Waals surface area contributed by atoms with Crippen LogP contribution in [0.2, 0.25) is 0 Å². The Hall–Kier alpha value is -4.58. The summed E-state index contributed by atoms with van der Waals surface area (Å²) in [5, 5.41) is 19.1. The summed E-state index contributed by atoms with van der Waals surface area (Å²) >= 11 is 3.37. The lowest BCUT2D eigenvalue weighted by Gasteiger charge is -2.19. The summed E-state index contributed by atoms with van der Waals surface area (Å²) in [4.78, 5) is 46.8. The van der Waals surface area contributed by atoms with Crippen LogP contribution in [0.3, 0.4) is 0 Å². The maximum Gasteiger partial charge on any atom is 0.308 e. The number of carbonyl (C=O) groups excluding carboxylic acids is 3. The number of hydrogen-bond acceptors (Lipinski definition) is 8. The summed E-state index contributed by atoms with van der Waals surface area (Å²) < 4.78 is 11.9. The molecule has 0 spiro atoms. The first-order valence-electron chi connectivity index (χ1n) is 10.8. The number of esters is 1. The van der Waals surface area contributed by atoms with Crippen molar-refractivity contribution < 1.29 is 28.8 Å². The predicted molar refractivity (Wildman–Crippen MR) is 136 cm³/mol. The fourth-order valence-electron chi connectivity index (χ4n) is 3.50. The van der Waals surface area contributed by atoms with Crippen LogP contribution in [-0.4, -0.2) is 33.6 Å². The van der Waals surface area contributed by atoms with Crippen molar-refractivity contribution >= 4 is 51.0 Å². The highest BCUT2D eigenvalue weighted by Crippen LogP contribution is 2.34. The van der Waals surface area contributed by atoms with Gasteiger partial charge in [0.2, 0.25) is 18.0 Å². The maximum atomic E-state index is 12.5. The average molecular weight is 567 g/mol. The first-order chi connectivity index (χ1) is 17.6. The van der Waals surface area contributed by atoms with Crippen LogP contribution in [0.5, 0.6) is 5.75 Å². The van der Waals surface area contributed by atoms with Crippen molar-refractivity contribution in [3.63, 3.8) is 0 Å². The van der Waals surface area contributed by atoms with Crippen LogP contribution in [0.25, 0.3) is 0 Å². The second-order valence-electron chi connectivity index (χ2n) is 7.86. The van der Waals surface area contributed by atoms with Crippen molar-refractivity contribution in [1.82, 2.24) is 5.01 Å². The molecule has 0 unspecified atom stereocenters. The molecule has 3 aromatic rings. The molecule has 3 aromatic carbocycles. The van der Waals surface area contributed by atoms with E-state index in [1.54, 1.807) is 42.5 Å². The summed E-state index contributed by atoms with van der Waals surface area (Å²) in [6, 6.07) is 16.8. The van der Waals surface area contributed by atoms with Gasteiger partial charge in [-0.15, -0.1) is 5.10 Å². The molecule has 4 rings (SSSR count). The van der Waals surface area contributed by atoms with Gasteiger partial charge in [0.15, 0.2) is 0 Å². The van der Waals surface area contributed by atoms with Crippen LogP contribution in [0.4, 0.5) is 11.4 Å². The van der Waals surface area contributed by atoms with E-state index in [1.807, 2.05) is 0 Å². The van der Waals surface area contributed by atoms with Gasteiger partial charge in [0.25, 0.3) is 11.6 Å². The third-order valence-corrected chi connectivity index (χ3v) is 5.66. The molecule has 0 aromatic heterocycles. The van der Waals surface area contributed by atoms with E-state index in [-0.39, 0.29) is 28.8 Å². The summed E-state index contributed by atoms with van der Waals surface area (Å²) in [5.74, 6) is -1.12. The molecule has 0 fully saturated rings. The number of anilines is 1. The molecule has 2 amide bonds. The minimum Gasteiger partial charge on any atom is -0.446 e. The zero-order chi connectivity index (χ0) is 26.7. The van der Waals surface area contributed by atoms with Crippen molar-refractivity contribution in [3.8, 4) is 5.75 Å². The van der Waals surface area contributed by atoms with Crippen LogP contribution >= 0.6 is 15.9 Å². The Morgan fingerprint density at radius 3 is 2.46 bits per heavy atom. The topological polar surface area (TPSA) is 140 Å². The number of non-ortho nitro benzene ring substituents is 1. The third kappa shape index (κ3) is 5.81. The lowest BCUT2D eigenvalue weighted by molar-refractivity contribution is -0.384. The normalized spacial score (nSPS) is 14.4. The van der Waals surface area contributed by atoms with Crippen LogP contribution in [-0.2, 0) is 14.3 Å².